The van der Waals surface area contributed by atoms with Crippen LogP contribution in [0.15, 0.2) is 0 Å². The fourth-order valence-electron chi connectivity index (χ4n) is 3.22. The molecule has 2 amide bonds. The van der Waals surface area contributed by atoms with E-state index in [0.717, 1.165) is 19.3 Å². The van der Waals surface area contributed by atoms with Gasteiger partial charge in [-0.1, -0.05) is 32.6 Å². The van der Waals surface area contributed by atoms with Crippen LogP contribution in [0.1, 0.15) is 58.8 Å². The van der Waals surface area contributed by atoms with Gasteiger partial charge in [0.15, 0.2) is 0 Å². The van der Waals surface area contributed by atoms with Crippen LogP contribution in [0.2, 0.25) is 0 Å². The summed E-state index contributed by atoms with van der Waals surface area (Å²) in [5, 5.41) is 2.82. The van der Waals surface area contributed by atoms with E-state index in [4.69, 9.17) is 4.74 Å². The van der Waals surface area contributed by atoms with Crippen molar-refractivity contribution in [3.05, 3.63) is 0 Å². The normalized spacial score (nSPS) is 27.8. The molecule has 5 heteroatoms. The Bertz CT molecular complexity index is 367. The lowest BCUT2D eigenvalue weighted by Gasteiger charge is -2.37. The van der Waals surface area contributed by atoms with Crippen LogP contribution >= 0.6 is 0 Å². The number of nitrogens with one attached hydrogen (secondary N) is 1. The third kappa shape index (κ3) is 4.19. The van der Waals surface area contributed by atoms with Crippen molar-refractivity contribution in [2.45, 2.75) is 77.0 Å². The summed E-state index contributed by atoms with van der Waals surface area (Å²) in [5.74, 6) is -0.0121. The summed E-state index contributed by atoms with van der Waals surface area (Å²) >= 11 is 0. The molecule has 1 N–H and O–H groups in total. The molecule has 2 aliphatic rings. The summed E-state index contributed by atoms with van der Waals surface area (Å²) in [6.07, 6.45) is 7.98. The van der Waals surface area contributed by atoms with E-state index in [9.17, 15) is 9.59 Å². The minimum absolute atomic E-state index is 0.0381. The molecule has 2 fully saturated rings. The van der Waals surface area contributed by atoms with Gasteiger partial charge >= 0.3 is 0 Å². The largest absolute Gasteiger partial charge is 0.376 e. The van der Waals surface area contributed by atoms with Gasteiger partial charge in [0.25, 0.3) is 0 Å². The van der Waals surface area contributed by atoms with Crippen molar-refractivity contribution in [3.63, 3.8) is 0 Å². The summed E-state index contributed by atoms with van der Waals surface area (Å²) in [6.45, 7) is 4.86. The molecule has 1 heterocycles. The first-order chi connectivity index (χ1) is 10.1. The molecule has 0 aromatic heterocycles. The van der Waals surface area contributed by atoms with Crippen LogP contribution in [0.4, 0.5) is 0 Å². The van der Waals surface area contributed by atoms with Gasteiger partial charge in [-0.3, -0.25) is 9.59 Å². The lowest BCUT2D eigenvalue weighted by molar-refractivity contribution is -0.150. The van der Waals surface area contributed by atoms with Crippen LogP contribution in [0, 0.1) is 0 Å². The monoisotopic (exact) mass is 296 g/mol. The maximum Gasteiger partial charge on any atom is 0.245 e. The summed E-state index contributed by atoms with van der Waals surface area (Å²) in [6, 6.07) is -0.742. The first kappa shape index (κ1) is 16.3. The Morgan fingerprint density at radius 3 is 2.62 bits per heavy atom. The fourth-order valence-corrected chi connectivity index (χ4v) is 3.22. The van der Waals surface area contributed by atoms with Crippen LogP contribution in [-0.4, -0.2) is 48.1 Å². The minimum atomic E-state index is -0.388. The summed E-state index contributed by atoms with van der Waals surface area (Å²) in [4.78, 5) is 26.0. The molecular weight excluding hydrogens is 268 g/mol. The molecule has 0 bridgehead atoms. The molecule has 1 saturated heterocycles. The topological polar surface area (TPSA) is 58.6 Å². The maximum absolute atomic E-state index is 12.4. The highest BCUT2D eigenvalue weighted by molar-refractivity contribution is 5.96. The van der Waals surface area contributed by atoms with Crippen LogP contribution < -0.4 is 5.32 Å². The highest BCUT2D eigenvalue weighted by Crippen LogP contribution is 2.20. The zero-order chi connectivity index (χ0) is 15.2. The number of ether oxygens (including phenoxy) is 1. The van der Waals surface area contributed by atoms with E-state index in [1.165, 1.54) is 19.3 Å². The van der Waals surface area contributed by atoms with E-state index in [1.807, 2.05) is 6.92 Å². The minimum Gasteiger partial charge on any atom is -0.376 e. The zero-order valence-electron chi connectivity index (χ0n) is 13.3. The zero-order valence-corrected chi connectivity index (χ0v) is 13.3. The second kappa shape index (κ2) is 7.78. The smallest absolute Gasteiger partial charge is 0.245 e. The van der Waals surface area contributed by atoms with Gasteiger partial charge in [-0.05, 0) is 26.2 Å². The first-order valence-corrected chi connectivity index (χ1v) is 8.36. The number of nitrogens with zero attached hydrogens (tertiary/aromatic N) is 1. The number of carbonyl (C=O) groups excluding carboxylic acids is 2. The van der Waals surface area contributed by atoms with Gasteiger partial charge in [-0.15, -0.1) is 0 Å². The van der Waals surface area contributed by atoms with Crippen molar-refractivity contribution >= 4 is 11.8 Å². The van der Waals surface area contributed by atoms with Crippen molar-refractivity contribution in [1.29, 1.82) is 0 Å². The third-order valence-corrected chi connectivity index (χ3v) is 4.56. The number of hydrogen-bond acceptors (Lipinski definition) is 3. The molecule has 0 spiro atoms. The number of amides is 2. The standard InChI is InChI=1S/C16H28N2O3/c1-3-7-14-16(20)18(12(2)15(19)17-14)10-11-21-13-8-5-4-6-9-13/h12-14H,3-11H2,1-2H3,(H,17,19). The van der Waals surface area contributed by atoms with Crippen LogP contribution in [0.5, 0.6) is 0 Å². The van der Waals surface area contributed by atoms with Gasteiger partial charge < -0.3 is 15.0 Å². The van der Waals surface area contributed by atoms with Crippen LogP contribution in [0.25, 0.3) is 0 Å². The second-order valence-electron chi connectivity index (χ2n) is 6.19. The van der Waals surface area contributed by atoms with Crippen molar-refractivity contribution in [2.24, 2.45) is 0 Å². The van der Waals surface area contributed by atoms with Crippen molar-refractivity contribution < 1.29 is 14.3 Å². The fraction of sp³-hybridized carbons (Fsp3) is 0.875. The Kier molecular flexibility index (Phi) is 6.03. The molecule has 5 nitrogen and oxygen atoms in total. The molecule has 2 unspecified atom stereocenters. The Labute approximate surface area is 127 Å². The molecule has 2 rings (SSSR count). The second-order valence-corrected chi connectivity index (χ2v) is 6.19. The average Bonchev–Trinajstić information content (AvgIpc) is 2.49. The molecule has 0 aromatic rings. The van der Waals surface area contributed by atoms with Crippen molar-refractivity contribution in [1.82, 2.24) is 10.2 Å². The van der Waals surface area contributed by atoms with E-state index < -0.39 is 0 Å². The molecule has 1 aliphatic carbocycles. The third-order valence-electron chi connectivity index (χ3n) is 4.56. The van der Waals surface area contributed by atoms with Gasteiger partial charge in [0.1, 0.15) is 12.1 Å². The summed E-state index contributed by atoms with van der Waals surface area (Å²) < 4.78 is 5.89. The van der Waals surface area contributed by atoms with Crippen LogP contribution in [0.3, 0.4) is 0 Å². The average molecular weight is 296 g/mol. The molecular formula is C16H28N2O3. The predicted octanol–water partition coefficient (Wildman–Crippen LogP) is 1.85. The molecule has 2 atom stereocenters. The summed E-state index contributed by atoms with van der Waals surface area (Å²) in [5.41, 5.74) is 0. The number of piperazine rings is 1. The lowest BCUT2D eigenvalue weighted by Crippen LogP contribution is -2.62. The van der Waals surface area contributed by atoms with Gasteiger partial charge in [0.2, 0.25) is 11.8 Å². The molecule has 21 heavy (non-hydrogen) atoms. The molecule has 0 radical (unpaired) electrons. The van der Waals surface area contributed by atoms with Crippen LogP contribution in [-0.2, 0) is 14.3 Å². The molecule has 120 valence electrons. The van der Waals surface area contributed by atoms with Gasteiger partial charge in [-0.2, -0.15) is 0 Å². The summed E-state index contributed by atoms with van der Waals surface area (Å²) in [7, 11) is 0. The predicted molar refractivity (Wildman–Crippen MR) is 80.8 cm³/mol. The Hall–Kier alpha value is -1.10. The van der Waals surface area contributed by atoms with E-state index in [0.29, 0.717) is 25.7 Å². The molecule has 1 saturated carbocycles. The SMILES string of the molecule is CCCC1NC(=O)C(C)N(CCOC2CCCCC2)C1=O. The van der Waals surface area contributed by atoms with E-state index in [2.05, 4.69) is 5.32 Å². The highest BCUT2D eigenvalue weighted by Gasteiger charge is 2.37. The van der Waals surface area contributed by atoms with Crippen molar-refractivity contribution in [3.8, 4) is 0 Å². The Morgan fingerprint density at radius 2 is 1.95 bits per heavy atom. The quantitative estimate of drug-likeness (QED) is 0.814. The number of hydrogen-bond donors (Lipinski definition) is 1. The van der Waals surface area contributed by atoms with E-state index in [1.54, 1.807) is 11.8 Å². The van der Waals surface area contributed by atoms with Crippen molar-refractivity contribution in [2.75, 3.05) is 13.2 Å². The Morgan fingerprint density at radius 1 is 1.24 bits per heavy atom. The number of carbonyl (C=O) groups is 2. The highest BCUT2D eigenvalue weighted by atomic mass is 16.5. The maximum atomic E-state index is 12.4. The van der Waals surface area contributed by atoms with E-state index in [-0.39, 0.29) is 23.9 Å². The number of rotatable bonds is 6. The van der Waals surface area contributed by atoms with Gasteiger partial charge in [-0.25, -0.2) is 0 Å². The molecule has 1 aliphatic heterocycles. The van der Waals surface area contributed by atoms with Gasteiger partial charge in [0, 0.05) is 6.54 Å². The Balaban J connectivity index is 1.83. The molecule has 0 aromatic carbocycles. The lowest BCUT2D eigenvalue weighted by atomic mass is 9.98. The first-order valence-electron chi connectivity index (χ1n) is 8.36. The van der Waals surface area contributed by atoms with Gasteiger partial charge in [0.05, 0.1) is 12.7 Å². The van der Waals surface area contributed by atoms with E-state index >= 15 is 0 Å².